The molecule has 0 radical (unpaired) electrons. The second-order valence-corrected chi connectivity index (χ2v) is 4.95. The third-order valence-corrected chi connectivity index (χ3v) is 3.08. The lowest BCUT2D eigenvalue weighted by atomic mass is 10.2. The highest BCUT2D eigenvalue weighted by Crippen LogP contribution is 2.18. The fourth-order valence-electron chi connectivity index (χ4n) is 1.31. The van der Waals surface area contributed by atoms with Gasteiger partial charge in [0.2, 0.25) is 5.91 Å². The molecule has 1 aromatic rings. The molecule has 0 aromatic heterocycles. The van der Waals surface area contributed by atoms with Crippen molar-refractivity contribution in [1.29, 1.82) is 0 Å². The SMILES string of the molecule is NC(=O)C[C@H](NC(=O)Nc1ccc(F)cc1I)C(=O)O. The van der Waals surface area contributed by atoms with Gasteiger partial charge in [-0.25, -0.2) is 14.0 Å². The molecule has 3 amide bonds. The zero-order chi connectivity index (χ0) is 15.3. The summed E-state index contributed by atoms with van der Waals surface area (Å²) in [5.41, 5.74) is 5.20. The number of hydrogen-bond acceptors (Lipinski definition) is 3. The molecule has 5 N–H and O–H groups in total. The van der Waals surface area contributed by atoms with E-state index in [1.165, 1.54) is 12.1 Å². The maximum Gasteiger partial charge on any atom is 0.326 e. The summed E-state index contributed by atoms with van der Waals surface area (Å²) in [6.45, 7) is 0. The Labute approximate surface area is 126 Å². The van der Waals surface area contributed by atoms with Gasteiger partial charge in [-0.15, -0.1) is 0 Å². The molecule has 0 saturated heterocycles. The summed E-state index contributed by atoms with van der Waals surface area (Å²) < 4.78 is 13.3. The molecule has 0 aliphatic rings. The van der Waals surface area contributed by atoms with Crippen LogP contribution in [-0.4, -0.2) is 29.1 Å². The Hall–Kier alpha value is -1.91. The summed E-state index contributed by atoms with van der Waals surface area (Å²) in [5, 5.41) is 13.3. The summed E-state index contributed by atoms with van der Waals surface area (Å²) >= 11 is 1.81. The quantitative estimate of drug-likeness (QED) is 0.553. The fourth-order valence-corrected chi connectivity index (χ4v) is 1.92. The molecular weight excluding hydrogens is 384 g/mol. The minimum absolute atomic E-state index is 0.313. The Morgan fingerprint density at radius 1 is 1.40 bits per heavy atom. The molecule has 9 heteroatoms. The van der Waals surface area contributed by atoms with Crippen molar-refractivity contribution in [2.45, 2.75) is 12.5 Å². The van der Waals surface area contributed by atoms with Gasteiger partial charge in [0.1, 0.15) is 11.9 Å². The number of primary amides is 1. The van der Waals surface area contributed by atoms with E-state index in [0.717, 1.165) is 6.07 Å². The Morgan fingerprint density at radius 2 is 2.05 bits per heavy atom. The van der Waals surface area contributed by atoms with Gasteiger partial charge in [-0.05, 0) is 40.8 Å². The second-order valence-electron chi connectivity index (χ2n) is 3.78. The molecule has 7 nitrogen and oxygen atoms in total. The van der Waals surface area contributed by atoms with Gasteiger partial charge in [0.15, 0.2) is 0 Å². The lowest BCUT2D eigenvalue weighted by molar-refractivity contribution is -0.140. The number of benzene rings is 1. The first kappa shape index (κ1) is 16.1. The van der Waals surface area contributed by atoms with Gasteiger partial charge in [-0.2, -0.15) is 0 Å². The van der Waals surface area contributed by atoms with Crippen molar-refractivity contribution in [2.75, 3.05) is 5.32 Å². The summed E-state index contributed by atoms with van der Waals surface area (Å²) in [6.07, 6.45) is -0.525. The number of hydrogen-bond donors (Lipinski definition) is 4. The standard InChI is InChI=1S/C11H11FIN3O4/c12-5-1-2-7(6(13)3-5)15-11(20)16-8(10(18)19)4-9(14)17/h1-3,8H,4H2,(H2,14,17)(H,18,19)(H2,15,16,20)/t8-/m0/s1. The number of anilines is 1. The van der Waals surface area contributed by atoms with Crippen LogP contribution in [0.2, 0.25) is 0 Å². The van der Waals surface area contributed by atoms with E-state index < -0.39 is 36.2 Å². The molecule has 0 heterocycles. The number of urea groups is 1. The number of rotatable bonds is 5. The van der Waals surface area contributed by atoms with E-state index in [0.29, 0.717) is 9.26 Å². The first-order valence-electron chi connectivity index (χ1n) is 5.33. The van der Waals surface area contributed by atoms with Gasteiger partial charge < -0.3 is 21.5 Å². The van der Waals surface area contributed by atoms with Gasteiger partial charge in [0, 0.05) is 3.57 Å². The van der Waals surface area contributed by atoms with E-state index in [2.05, 4.69) is 10.6 Å². The molecule has 0 saturated carbocycles. The van der Waals surface area contributed by atoms with Crippen LogP contribution in [0.4, 0.5) is 14.9 Å². The highest BCUT2D eigenvalue weighted by Gasteiger charge is 2.22. The van der Waals surface area contributed by atoms with E-state index >= 15 is 0 Å². The molecular formula is C11H11FIN3O4. The topological polar surface area (TPSA) is 122 Å². The number of nitrogens with one attached hydrogen (secondary N) is 2. The minimum Gasteiger partial charge on any atom is -0.480 e. The highest BCUT2D eigenvalue weighted by molar-refractivity contribution is 14.1. The molecule has 1 aromatic carbocycles. The predicted octanol–water partition coefficient (Wildman–Crippen LogP) is 0.880. The maximum atomic E-state index is 12.9. The van der Waals surface area contributed by atoms with Crippen molar-refractivity contribution in [3.63, 3.8) is 0 Å². The first-order chi connectivity index (χ1) is 9.29. The minimum atomic E-state index is -1.43. The van der Waals surface area contributed by atoms with Crippen LogP contribution in [-0.2, 0) is 9.59 Å². The third kappa shape index (κ3) is 4.99. The molecule has 0 aliphatic heterocycles. The van der Waals surface area contributed by atoms with Crippen LogP contribution in [0.1, 0.15) is 6.42 Å². The van der Waals surface area contributed by atoms with Gasteiger partial charge >= 0.3 is 12.0 Å². The zero-order valence-corrected chi connectivity index (χ0v) is 12.2. The van der Waals surface area contributed by atoms with E-state index in [1.54, 1.807) is 0 Å². The summed E-state index contributed by atoms with van der Waals surface area (Å²) in [6, 6.07) is 1.43. The van der Waals surface area contributed by atoms with Crippen molar-refractivity contribution in [3.05, 3.63) is 27.6 Å². The highest BCUT2D eigenvalue weighted by atomic mass is 127. The average molecular weight is 395 g/mol. The molecule has 108 valence electrons. The first-order valence-corrected chi connectivity index (χ1v) is 6.41. The van der Waals surface area contributed by atoms with Gasteiger partial charge in [-0.3, -0.25) is 4.79 Å². The maximum absolute atomic E-state index is 12.9. The molecule has 0 bridgehead atoms. The molecule has 1 rings (SSSR count). The lowest BCUT2D eigenvalue weighted by Gasteiger charge is -2.14. The Bertz CT molecular complexity index is 552. The molecule has 20 heavy (non-hydrogen) atoms. The number of carboxylic acids is 1. The van der Waals surface area contributed by atoms with Crippen LogP contribution in [0.15, 0.2) is 18.2 Å². The number of carbonyl (C=O) groups excluding carboxylic acids is 2. The number of aliphatic carboxylic acids is 1. The van der Waals surface area contributed by atoms with Crippen molar-refractivity contribution < 1.29 is 23.9 Å². The van der Waals surface area contributed by atoms with Crippen molar-refractivity contribution in [3.8, 4) is 0 Å². The largest absolute Gasteiger partial charge is 0.480 e. The number of amides is 3. The van der Waals surface area contributed by atoms with E-state index in [9.17, 15) is 18.8 Å². The van der Waals surface area contributed by atoms with Crippen LogP contribution in [0, 0.1) is 9.39 Å². The number of nitrogens with two attached hydrogens (primary N) is 1. The third-order valence-electron chi connectivity index (χ3n) is 2.19. The molecule has 0 unspecified atom stereocenters. The van der Waals surface area contributed by atoms with E-state index in [4.69, 9.17) is 10.8 Å². The monoisotopic (exact) mass is 395 g/mol. The van der Waals surface area contributed by atoms with Crippen molar-refractivity contribution in [1.82, 2.24) is 5.32 Å². The van der Waals surface area contributed by atoms with E-state index in [1.807, 2.05) is 22.6 Å². The Kier molecular flexibility index (Phi) is 5.67. The Morgan fingerprint density at radius 3 is 2.55 bits per heavy atom. The van der Waals surface area contributed by atoms with E-state index in [-0.39, 0.29) is 0 Å². The second kappa shape index (κ2) is 7.03. The molecule has 0 aliphatic carbocycles. The molecule has 1 atom stereocenters. The predicted molar refractivity (Wildman–Crippen MR) is 76.5 cm³/mol. The van der Waals surface area contributed by atoms with Crippen LogP contribution in [0.3, 0.4) is 0 Å². The summed E-state index contributed by atoms with van der Waals surface area (Å²) in [7, 11) is 0. The van der Waals surface area contributed by atoms with Crippen molar-refractivity contribution >= 4 is 46.2 Å². The van der Waals surface area contributed by atoms with Crippen LogP contribution in [0.25, 0.3) is 0 Å². The lowest BCUT2D eigenvalue weighted by Crippen LogP contribution is -2.45. The molecule has 0 spiro atoms. The normalized spacial score (nSPS) is 11.5. The van der Waals surface area contributed by atoms with Crippen LogP contribution >= 0.6 is 22.6 Å². The zero-order valence-electron chi connectivity index (χ0n) is 10.0. The number of carboxylic acid groups (broad SMARTS) is 1. The average Bonchev–Trinajstić information content (AvgIpc) is 2.31. The Balaban J connectivity index is 2.70. The smallest absolute Gasteiger partial charge is 0.326 e. The summed E-state index contributed by atoms with van der Waals surface area (Å²) in [4.78, 5) is 33.1. The summed E-state index contributed by atoms with van der Waals surface area (Å²) in [5.74, 6) is -2.70. The van der Waals surface area contributed by atoms with Gasteiger partial charge in [0.25, 0.3) is 0 Å². The van der Waals surface area contributed by atoms with Gasteiger partial charge in [0.05, 0.1) is 12.1 Å². The van der Waals surface area contributed by atoms with Crippen LogP contribution < -0.4 is 16.4 Å². The fraction of sp³-hybridized carbons (Fsp3) is 0.182. The number of carbonyl (C=O) groups is 3. The van der Waals surface area contributed by atoms with Crippen LogP contribution in [0.5, 0.6) is 0 Å². The van der Waals surface area contributed by atoms with Gasteiger partial charge in [-0.1, -0.05) is 0 Å². The van der Waals surface area contributed by atoms with Crippen molar-refractivity contribution in [2.24, 2.45) is 5.73 Å². The number of halogens is 2. The molecule has 0 fully saturated rings.